The minimum absolute atomic E-state index is 0. The number of benzene rings is 1. The van der Waals surface area contributed by atoms with Crippen LogP contribution in [0.2, 0.25) is 0 Å². The predicted molar refractivity (Wildman–Crippen MR) is 111 cm³/mol. The molecule has 156 valence electrons. The summed E-state index contributed by atoms with van der Waals surface area (Å²) in [6, 6.07) is 4.58. The summed E-state index contributed by atoms with van der Waals surface area (Å²) < 4.78 is 22.3. The van der Waals surface area contributed by atoms with Gasteiger partial charge in [0.1, 0.15) is 0 Å². The molecule has 0 spiro atoms. The van der Waals surface area contributed by atoms with Crippen molar-refractivity contribution in [3.05, 3.63) is 17.7 Å². The quantitative estimate of drug-likeness (QED) is 0.760. The van der Waals surface area contributed by atoms with E-state index >= 15 is 0 Å². The highest BCUT2D eigenvalue weighted by Crippen LogP contribution is 2.43. The van der Waals surface area contributed by atoms with Gasteiger partial charge in [0.25, 0.3) is 0 Å². The van der Waals surface area contributed by atoms with Crippen LogP contribution in [0.25, 0.3) is 0 Å². The Morgan fingerprint density at radius 1 is 0.963 bits per heavy atom. The largest absolute Gasteiger partial charge is 0.493 e. The molecule has 1 aromatic carbocycles. The lowest BCUT2D eigenvalue weighted by Crippen LogP contribution is -2.47. The summed E-state index contributed by atoms with van der Waals surface area (Å²) in [6.45, 7) is 5.86. The molecule has 0 bridgehead atoms. The van der Waals surface area contributed by atoms with Crippen LogP contribution >= 0.6 is 24.8 Å². The Balaban J connectivity index is 0.00000182. The fourth-order valence-electron chi connectivity index (χ4n) is 4.05. The van der Waals surface area contributed by atoms with Gasteiger partial charge in [-0.1, -0.05) is 0 Å². The van der Waals surface area contributed by atoms with E-state index in [0.717, 1.165) is 63.7 Å². The van der Waals surface area contributed by atoms with Crippen LogP contribution in [-0.4, -0.2) is 65.6 Å². The van der Waals surface area contributed by atoms with Crippen molar-refractivity contribution in [3.8, 4) is 17.2 Å². The zero-order valence-electron chi connectivity index (χ0n) is 16.4. The molecule has 2 aliphatic heterocycles. The van der Waals surface area contributed by atoms with Crippen LogP contribution in [0.15, 0.2) is 12.1 Å². The number of nitrogens with zero attached hydrogens (tertiary/aromatic N) is 1. The second-order valence-electron chi connectivity index (χ2n) is 6.64. The van der Waals surface area contributed by atoms with Crippen molar-refractivity contribution < 1.29 is 18.9 Å². The third-order valence-electron chi connectivity index (χ3n) is 5.29. The first-order chi connectivity index (χ1) is 12.3. The fourth-order valence-corrected chi connectivity index (χ4v) is 4.05. The number of rotatable bonds is 6. The van der Waals surface area contributed by atoms with Crippen molar-refractivity contribution in [1.29, 1.82) is 0 Å². The first-order valence-corrected chi connectivity index (χ1v) is 9.11. The molecule has 0 unspecified atom stereocenters. The molecule has 2 heterocycles. The zero-order chi connectivity index (χ0) is 17.6. The van der Waals surface area contributed by atoms with Crippen LogP contribution in [0, 0.1) is 5.92 Å². The molecule has 2 fully saturated rings. The molecule has 0 aliphatic carbocycles. The van der Waals surface area contributed by atoms with Gasteiger partial charge >= 0.3 is 0 Å². The summed E-state index contributed by atoms with van der Waals surface area (Å²) in [5.41, 5.74) is 1.24. The zero-order valence-corrected chi connectivity index (χ0v) is 18.0. The van der Waals surface area contributed by atoms with Gasteiger partial charge in [-0.3, -0.25) is 4.90 Å². The molecule has 1 atom stereocenters. The summed E-state index contributed by atoms with van der Waals surface area (Å²) >= 11 is 0. The topological polar surface area (TPSA) is 52.2 Å². The summed E-state index contributed by atoms with van der Waals surface area (Å²) in [5.74, 6) is 2.68. The molecule has 2 saturated heterocycles. The van der Waals surface area contributed by atoms with E-state index in [9.17, 15) is 0 Å². The van der Waals surface area contributed by atoms with Gasteiger partial charge in [0.15, 0.2) is 11.5 Å². The Kier molecular flexibility index (Phi) is 10.6. The number of methoxy groups -OCH3 is 3. The van der Waals surface area contributed by atoms with Crippen molar-refractivity contribution in [3.63, 3.8) is 0 Å². The summed E-state index contributed by atoms with van der Waals surface area (Å²) in [5, 5.41) is 3.45. The van der Waals surface area contributed by atoms with Gasteiger partial charge < -0.3 is 24.3 Å². The van der Waals surface area contributed by atoms with E-state index in [-0.39, 0.29) is 24.8 Å². The third-order valence-corrected chi connectivity index (χ3v) is 5.29. The van der Waals surface area contributed by atoms with Crippen molar-refractivity contribution >= 4 is 24.8 Å². The Morgan fingerprint density at radius 2 is 1.52 bits per heavy atom. The van der Waals surface area contributed by atoms with Crippen molar-refractivity contribution in [2.45, 2.75) is 18.9 Å². The molecule has 0 amide bonds. The van der Waals surface area contributed by atoms with E-state index in [1.54, 1.807) is 21.3 Å². The lowest BCUT2D eigenvalue weighted by molar-refractivity contribution is 0.0212. The monoisotopic (exact) mass is 422 g/mol. The first kappa shape index (κ1) is 24.1. The van der Waals surface area contributed by atoms with Gasteiger partial charge in [0, 0.05) is 45.4 Å². The maximum atomic E-state index is 5.60. The predicted octanol–water partition coefficient (Wildman–Crippen LogP) is 2.93. The van der Waals surface area contributed by atoms with Gasteiger partial charge in [0.05, 0.1) is 21.3 Å². The van der Waals surface area contributed by atoms with Gasteiger partial charge in [-0.2, -0.15) is 0 Å². The van der Waals surface area contributed by atoms with E-state index in [1.165, 1.54) is 5.56 Å². The molecular formula is C19H32Cl2N2O4. The molecule has 2 aliphatic rings. The van der Waals surface area contributed by atoms with E-state index in [4.69, 9.17) is 18.9 Å². The molecule has 27 heavy (non-hydrogen) atoms. The smallest absolute Gasteiger partial charge is 0.203 e. The summed E-state index contributed by atoms with van der Waals surface area (Å²) in [7, 11) is 5.00. The molecule has 8 heteroatoms. The second-order valence-corrected chi connectivity index (χ2v) is 6.64. The molecular weight excluding hydrogens is 391 g/mol. The molecule has 3 rings (SSSR count). The van der Waals surface area contributed by atoms with Gasteiger partial charge in [-0.05, 0) is 36.5 Å². The summed E-state index contributed by atoms with van der Waals surface area (Å²) in [6.07, 6.45) is 2.18. The lowest BCUT2D eigenvalue weighted by Gasteiger charge is -2.41. The minimum atomic E-state index is 0. The van der Waals surface area contributed by atoms with E-state index < -0.39 is 0 Å². The number of nitrogens with one attached hydrogen (secondary N) is 1. The highest BCUT2D eigenvalue weighted by Gasteiger charge is 2.32. The molecule has 6 nitrogen and oxygen atoms in total. The van der Waals surface area contributed by atoms with Crippen LogP contribution in [-0.2, 0) is 4.74 Å². The normalized spacial score (nSPS) is 19.4. The highest BCUT2D eigenvalue weighted by molar-refractivity contribution is 5.85. The molecule has 1 N–H and O–H groups in total. The van der Waals surface area contributed by atoms with Crippen LogP contribution < -0.4 is 19.5 Å². The molecule has 0 radical (unpaired) electrons. The SMILES string of the molecule is COc1cc([C@@H](C2CCOCC2)N2CCNCC2)cc(OC)c1OC.Cl.Cl. The van der Waals surface area contributed by atoms with Crippen LogP contribution in [0.5, 0.6) is 17.2 Å². The van der Waals surface area contributed by atoms with Crippen LogP contribution in [0.4, 0.5) is 0 Å². The Labute approximate surface area is 174 Å². The summed E-state index contributed by atoms with van der Waals surface area (Å²) in [4.78, 5) is 2.59. The van der Waals surface area contributed by atoms with Gasteiger partial charge in [0.2, 0.25) is 5.75 Å². The number of hydrogen-bond donors (Lipinski definition) is 1. The van der Waals surface area contributed by atoms with Crippen molar-refractivity contribution in [2.75, 3.05) is 60.7 Å². The van der Waals surface area contributed by atoms with Gasteiger partial charge in [-0.15, -0.1) is 24.8 Å². The van der Waals surface area contributed by atoms with E-state index in [2.05, 4.69) is 22.3 Å². The van der Waals surface area contributed by atoms with Crippen LogP contribution in [0.1, 0.15) is 24.4 Å². The highest BCUT2D eigenvalue weighted by atomic mass is 35.5. The Morgan fingerprint density at radius 3 is 2.00 bits per heavy atom. The lowest BCUT2D eigenvalue weighted by atomic mass is 9.85. The van der Waals surface area contributed by atoms with Crippen LogP contribution in [0.3, 0.4) is 0 Å². The first-order valence-electron chi connectivity index (χ1n) is 9.11. The number of halogens is 2. The maximum absolute atomic E-state index is 5.60. The number of piperazine rings is 1. The maximum Gasteiger partial charge on any atom is 0.203 e. The van der Waals surface area contributed by atoms with Crippen molar-refractivity contribution in [2.24, 2.45) is 5.92 Å². The molecule has 0 saturated carbocycles. The average molecular weight is 423 g/mol. The van der Waals surface area contributed by atoms with Crippen molar-refractivity contribution in [1.82, 2.24) is 10.2 Å². The number of ether oxygens (including phenoxy) is 4. The van der Waals surface area contributed by atoms with E-state index in [1.807, 2.05) is 0 Å². The minimum Gasteiger partial charge on any atom is -0.493 e. The average Bonchev–Trinajstić information content (AvgIpc) is 2.69. The molecule has 1 aromatic rings. The van der Waals surface area contributed by atoms with Gasteiger partial charge in [-0.25, -0.2) is 0 Å². The third kappa shape index (κ3) is 5.55. The second kappa shape index (κ2) is 11.8. The van der Waals surface area contributed by atoms with E-state index in [0.29, 0.717) is 17.7 Å². The fraction of sp³-hybridized carbons (Fsp3) is 0.684. The Bertz CT molecular complexity index is 522. The number of hydrogen-bond acceptors (Lipinski definition) is 6. The standard InChI is InChI=1S/C19H30N2O4.2ClH/c1-22-16-12-15(13-17(23-2)19(16)24-3)18(14-4-10-25-11-5-14)21-8-6-20-7-9-21;;/h12-14,18,20H,4-11H2,1-3H3;2*1H/t18-;;/m1../s1. The molecule has 0 aromatic heterocycles. The Hall–Kier alpha value is -0.920.